The highest BCUT2D eigenvalue weighted by molar-refractivity contribution is 6.33. The van der Waals surface area contributed by atoms with Crippen LogP contribution in [0, 0.1) is 5.82 Å². The van der Waals surface area contributed by atoms with Crippen LogP contribution in [0.15, 0.2) is 42.5 Å². The smallest absolute Gasteiger partial charge is 0.340 e. The van der Waals surface area contributed by atoms with Gasteiger partial charge in [0.15, 0.2) is 6.61 Å². The molecule has 24 heavy (non-hydrogen) atoms. The normalized spacial score (nSPS) is 11.7. The van der Waals surface area contributed by atoms with Crippen molar-refractivity contribution in [3.63, 3.8) is 0 Å². The van der Waals surface area contributed by atoms with Crippen molar-refractivity contribution < 1.29 is 18.7 Å². The highest BCUT2D eigenvalue weighted by atomic mass is 35.5. The summed E-state index contributed by atoms with van der Waals surface area (Å²) in [5.74, 6) is -1.83. The summed E-state index contributed by atoms with van der Waals surface area (Å²) in [5, 5.41) is 3.22. The van der Waals surface area contributed by atoms with Gasteiger partial charge in [-0.3, -0.25) is 4.79 Å². The lowest BCUT2D eigenvalue weighted by Gasteiger charge is -2.14. The molecule has 0 saturated carbocycles. The molecule has 4 nitrogen and oxygen atoms in total. The number of carbonyl (C=O) groups excluding carboxylic acids is 2. The average Bonchev–Trinajstić information content (AvgIpc) is 2.53. The molecule has 0 aliphatic rings. The molecular weight excluding hydrogens is 356 g/mol. The molecule has 0 heterocycles. The second kappa shape index (κ2) is 8.13. The van der Waals surface area contributed by atoms with Crippen molar-refractivity contribution >= 4 is 35.1 Å². The van der Waals surface area contributed by atoms with Crippen molar-refractivity contribution in [1.29, 1.82) is 0 Å². The van der Waals surface area contributed by atoms with E-state index in [9.17, 15) is 14.0 Å². The first-order valence-corrected chi connectivity index (χ1v) is 7.79. The molecule has 2 aromatic rings. The Morgan fingerprint density at radius 1 is 1.17 bits per heavy atom. The van der Waals surface area contributed by atoms with Crippen LogP contribution in [0.1, 0.15) is 28.9 Å². The van der Waals surface area contributed by atoms with Gasteiger partial charge < -0.3 is 10.1 Å². The summed E-state index contributed by atoms with van der Waals surface area (Å²) in [4.78, 5) is 23.7. The monoisotopic (exact) mass is 369 g/mol. The SMILES string of the molecule is C[C@@H](NC(=O)COC(=O)c1ccc(F)cc1Cl)c1ccc(Cl)cc1. The lowest BCUT2D eigenvalue weighted by Crippen LogP contribution is -2.31. The molecule has 7 heteroatoms. The molecule has 0 saturated heterocycles. The van der Waals surface area contributed by atoms with E-state index in [0.717, 1.165) is 17.7 Å². The fraction of sp³-hybridized carbons (Fsp3) is 0.176. The summed E-state index contributed by atoms with van der Waals surface area (Å²) in [7, 11) is 0. The van der Waals surface area contributed by atoms with Gasteiger partial charge in [-0.1, -0.05) is 35.3 Å². The summed E-state index contributed by atoms with van der Waals surface area (Å²) >= 11 is 11.6. The largest absolute Gasteiger partial charge is 0.452 e. The zero-order valence-corrected chi connectivity index (χ0v) is 14.2. The number of nitrogens with one attached hydrogen (secondary N) is 1. The maximum absolute atomic E-state index is 12.9. The van der Waals surface area contributed by atoms with Crippen LogP contribution in [0.5, 0.6) is 0 Å². The van der Waals surface area contributed by atoms with Gasteiger partial charge in [-0.25, -0.2) is 9.18 Å². The first kappa shape index (κ1) is 18.2. The number of halogens is 3. The molecule has 0 fully saturated rings. The van der Waals surface area contributed by atoms with Gasteiger partial charge in [0.05, 0.1) is 16.6 Å². The van der Waals surface area contributed by atoms with Crippen molar-refractivity contribution in [2.75, 3.05) is 6.61 Å². The van der Waals surface area contributed by atoms with Crippen molar-refractivity contribution in [2.24, 2.45) is 0 Å². The van der Waals surface area contributed by atoms with Crippen molar-refractivity contribution in [3.8, 4) is 0 Å². The third-order valence-corrected chi connectivity index (χ3v) is 3.80. The molecule has 0 radical (unpaired) electrons. The number of benzene rings is 2. The third kappa shape index (κ3) is 4.94. The second-order valence-electron chi connectivity index (χ2n) is 5.04. The van der Waals surface area contributed by atoms with Crippen molar-refractivity contribution in [2.45, 2.75) is 13.0 Å². The highest BCUT2D eigenvalue weighted by Gasteiger charge is 2.15. The Morgan fingerprint density at radius 3 is 2.46 bits per heavy atom. The summed E-state index contributed by atoms with van der Waals surface area (Å²) in [6.45, 7) is 1.32. The predicted molar refractivity (Wildman–Crippen MR) is 89.7 cm³/mol. The molecule has 1 amide bonds. The van der Waals surface area contributed by atoms with E-state index in [0.29, 0.717) is 5.02 Å². The topological polar surface area (TPSA) is 55.4 Å². The van der Waals surface area contributed by atoms with Gasteiger partial charge in [0.1, 0.15) is 5.82 Å². The molecule has 126 valence electrons. The van der Waals surface area contributed by atoms with E-state index < -0.39 is 24.3 Å². The Hall–Kier alpha value is -2.11. The Kier molecular flexibility index (Phi) is 6.17. The number of hydrogen-bond acceptors (Lipinski definition) is 3. The zero-order valence-electron chi connectivity index (χ0n) is 12.7. The average molecular weight is 370 g/mol. The fourth-order valence-corrected chi connectivity index (χ4v) is 2.35. The van der Waals surface area contributed by atoms with Crippen LogP contribution >= 0.6 is 23.2 Å². The molecule has 0 spiro atoms. The van der Waals surface area contributed by atoms with Crippen LogP contribution < -0.4 is 5.32 Å². The van der Waals surface area contributed by atoms with Gasteiger partial charge in [0.2, 0.25) is 0 Å². The molecule has 2 aromatic carbocycles. The van der Waals surface area contributed by atoms with Gasteiger partial charge in [0, 0.05) is 5.02 Å². The first-order valence-electron chi connectivity index (χ1n) is 7.04. The Labute approximate surface area is 148 Å². The highest BCUT2D eigenvalue weighted by Crippen LogP contribution is 2.18. The summed E-state index contributed by atoms with van der Waals surface area (Å²) in [6, 6.07) is 10.0. The molecule has 0 bridgehead atoms. The number of rotatable bonds is 5. The molecule has 0 aliphatic heterocycles. The van der Waals surface area contributed by atoms with E-state index in [2.05, 4.69) is 5.32 Å². The first-order chi connectivity index (χ1) is 11.4. The lowest BCUT2D eigenvalue weighted by molar-refractivity contribution is -0.124. The maximum atomic E-state index is 12.9. The lowest BCUT2D eigenvalue weighted by atomic mass is 10.1. The van der Waals surface area contributed by atoms with Crippen LogP contribution in [0.25, 0.3) is 0 Å². The molecular formula is C17H14Cl2FNO3. The Balaban J connectivity index is 1.88. The van der Waals surface area contributed by atoms with Gasteiger partial charge >= 0.3 is 5.97 Å². The van der Waals surface area contributed by atoms with E-state index in [4.69, 9.17) is 27.9 Å². The molecule has 2 rings (SSSR count). The van der Waals surface area contributed by atoms with Crippen LogP contribution in [0.4, 0.5) is 4.39 Å². The van der Waals surface area contributed by atoms with E-state index in [1.165, 1.54) is 6.07 Å². The number of ether oxygens (including phenoxy) is 1. The van der Waals surface area contributed by atoms with Crippen LogP contribution in [0.3, 0.4) is 0 Å². The number of amides is 1. The van der Waals surface area contributed by atoms with Gasteiger partial charge in [-0.2, -0.15) is 0 Å². The molecule has 0 aliphatic carbocycles. The minimum absolute atomic E-state index is 0.00313. The van der Waals surface area contributed by atoms with Gasteiger partial charge in [0.25, 0.3) is 5.91 Å². The molecule has 1 atom stereocenters. The fourth-order valence-electron chi connectivity index (χ4n) is 1.98. The van der Waals surface area contributed by atoms with E-state index in [-0.39, 0.29) is 16.6 Å². The Morgan fingerprint density at radius 2 is 1.83 bits per heavy atom. The van der Waals surface area contributed by atoms with E-state index in [1.807, 2.05) is 0 Å². The Bertz CT molecular complexity index is 750. The summed E-state index contributed by atoms with van der Waals surface area (Å²) < 4.78 is 17.8. The number of hydrogen-bond donors (Lipinski definition) is 1. The van der Waals surface area contributed by atoms with Crippen LogP contribution in [-0.4, -0.2) is 18.5 Å². The number of esters is 1. The number of carbonyl (C=O) groups is 2. The van der Waals surface area contributed by atoms with Crippen LogP contribution in [-0.2, 0) is 9.53 Å². The molecule has 0 aromatic heterocycles. The standard InChI is InChI=1S/C17H14Cl2FNO3/c1-10(11-2-4-12(18)5-3-11)21-16(22)9-24-17(23)14-7-6-13(20)8-15(14)19/h2-8,10H,9H2,1H3,(H,21,22)/t10-/m1/s1. The summed E-state index contributed by atoms with van der Waals surface area (Å²) in [6.07, 6.45) is 0. The minimum atomic E-state index is -0.797. The van der Waals surface area contributed by atoms with E-state index >= 15 is 0 Å². The van der Waals surface area contributed by atoms with Gasteiger partial charge in [-0.05, 0) is 42.8 Å². The van der Waals surface area contributed by atoms with E-state index in [1.54, 1.807) is 31.2 Å². The second-order valence-corrected chi connectivity index (χ2v) is 5.88. The zero-order chi connectivity index (χ0) is 17.7. The minimum Gasteiger partial charge on any atom is -0.452 e. The third-order valence-electron chi connectivity index (χ3n) is 3.23. The predicted octanol–water partition coefficient (Wildman–Crippen LogP) is 4.17. The van der Waals surface area contributed by atoms with Crippen molar-refractivity contribution in [3.05, 3.63) is 69.5 Å². The van der Waals surface area contributed by atoms with Crippen molar-refractivity contribution in [1.82, 2.24) is 5.32 Å². The maximum Gasteiger partial charge on any atom is 0.340 e. The molecule has 0 unspecified atom stereocenters. The quantitative estimate of drug-likeness (QED) is 0.804. The van der Waals surface area contributed by atoms with Gasteiger partial charge in [-0.15, -0.1) is 0 Å². The van der Waals surface area contributed by atoms with Crippen LogP contribution in [0.2, 0.25) is 10.0 Å². The molecule has 1 N–H and O–H groups in total. The summed E-state index contributed by atoms with van der Waals surface area (Å²) in [5.41, 5.74) is 0.859.